The summed E-state index contributed by atoms with van der Waals surface area (Å²) in [5.41, 5.74) is 2.95. The highest BCUT2D eigenvalue weighted by atomic mass is 32.2. The third-order valence-corrected chi connectivity index (χ3v) is 7.82. The van der Waals surface area contributed by atoms with E-state index in [-0.39, 0.29) is 29.6 Å². The lowest BCUT2D eigenvalue weighted by Gasteiger charge is -2.21. The molecule has 2 aromatic carbocycles. The Morgan fingerprint density at radius 2 is 1.61 bits per heavy atom. The van der Waals surface area contributed by atoms with Gasteiger partial charge in [0.05, 0.1) is 10.6 Å². The molecule has 0 bridgehead atoms. The second kappa shape index (κ2) is 9.95. The van der Waals surface area contributed by atoms with Gasteiger partial charge in [0.1, 0.15) is 0 Å². The Morgan fingerprint density at radius 1 is 0.909 bits per heavy atom. The van der Waals surface area contributed by atoms with Crippen molar-refractivity contribution in [3.05, 3.63) is 53.6 Å². The molecule has 33 heavy (non-hydrogen) atoms. The van der Waals surface area contributed by atoms with Crippen LogP contribution in [0.3, 0.4) is 0 Å². The van der Waals surface area contributed by atoms with Crippen molar-refractivity contribution in [2.24, 2.45) is 0 Å². The first-order chi connectivity index (χ1) is 15.8. The van der Waals surface area contributed by atoms with E-state index in [1.807, 2.05) is 24.0 Å². The number of fused-ring (bicyclic) bond motifs is 1. The summed E-state index contributed by atoms with van der Waals surface area (Å²) in [6, 6.07) is 12.1. The minimum Gasteiger partial charge on any atom is -0.343 e. The van der Waals surface area contributed by atoms with Crippen molar-refractivity contribution in [1.82, 2.24) is 4.90 Å². The fraction of sp³-hybridized carbons (Fsp3) is 0.440. The monoisotopic (exact) mass is 469 g/mol. The number of sulfonamides is 1. The van der Waals surface area contributed by atoms with Crippen LogP contribution in [0.25, 0.3) is 0 Å². The summed E-state index contributed by atoms with van der Waals surface area (Å²) in [7, 11) is -3.74. The summed E-state index contributed by atoms with van der Waals surface area (Å²) >= 11 is 0. The van der Waals surface area contributed by atoms with Crippen LogP contribution in [0, 0.1) is 6.92 Å². The number of carbonyl (C=O) groups excluding carboxylic acids is 2. The molecular formula is C25H31N3O4S. The Bertz CT molecular complexity index is 1140. The molecule has 1 fully saturated rings. The average Bonchev–Trinajstić information content (AvgIpc) is 3.03. The molecule has 7 nitrogen and oxygen atoms in total. The molecule has 1 N–H and O–H groups in total. The fourth-order valence-electron chi connectivity index (χ4n) is 4.52. The van der Waals surface area contributed by atoms with E-state index in [1.165, 1.54) is 6.07 Å². The highest BCUT2D eigenvalue weighted by Gasteiger charge is 2.27. The Morgan fingerprint density at radius 3 is 2.33 bits per heavy atom. The van der Waals surface area contributed by atoms with Crippen molar-refractivity contribution in [3.63, 3.8) is 0 Å². The van der Waals surface area contributed by atoms with Crippen LogP contribution in [0.1, 0.15) is 49.7 Å². The number of likely N-dealkylation sites (tertiary alicyclic amines) is 1. The van der Waals surface area contributed by atoms with E-state index >= 15 is 0 Å². The molecule has 0 unspecified atom stereocenters. The first-order valence-electron chi connectivity index (χ1n) is 11.6. The quantitative estimate of drug-likeness (QED) is 0.696. The zero-order valence-corrected chi connectivity index (χ0v) is 19.9. The molecule has 2 amide bonds. The number of hydrogen-bond donors (Lipinski definition) is 1. The molecular weight excluding hydrogens is 438 g/mol. The van der Waals surface area contributed by atoms with E-state index in [0.29, 0.717) is 18.7 Å². The van der Waals surface area contributed by atoms with Gasteiger partial charge in [0.2, 0.25) is 11.8 Å². The van der Waals surface area contributed by atoms with Gasteiger partial charge in [-0.25, -0.2) is 8.42 Å². The lowest BCUT2D eigenvalue weighted by molar-refractivity contribution is -0.133. The van der Waals surface area contributed by atoms with Crippen molar-refractivity contribution < 1.29 is 18.0 Å². The molecule has 0 spiro atoms. The van der Waals surface area contributed by atoms with Crippen molar-refractivity contribution in [1.29, 1.82) is 0 Å². The van der Waals surface area contributed by atoms with E-state index in [0.717, 1.165) is 55.6 Å². The zero-order valence-electron chi connectivity index (χ0n) is 19.0. The lowest BCUT2D eigenvalue weighted by atomic mass is 10.2. The van der Waals surface area contributed by atoms with Gasteiger partial charge >= 0.3 is 0 Å². The van der Waals surface area contributed by atoms with Crippen LogP contribution in [-0.2, 0) is 26.0 Å². The van der Waals surface area contributed by atoms with Gasteiger partial charge in [-0.05, 0) is 61.6 Å². The van der Waals surface area contributed by atoms with Crippen molar-refractivity contribution in [2.45, 2.75) is 56.8 Å². The van der Waals surface area contributed by atoms with Crippen molar-refractivity contribution in [2.75, 3.05) is 29.3 Å². The van der Waals surface area contributed by atoms with Gasteiger partial charge in [-0.15, -0.1) is 0 Å². The third kappa shape index (κ3) is 5.38. The van der Waals surface area contributed by atoms with Gasteiger partial charge in [-0.1, -0.05) is 31.0 Å². The molecule has 0 atom stereocenters. The molecule has 2 aliphatic heterocycles. The van der Waals surface area contributed by atoms with Gasteiger partial charge in [-0.3, -0.25) is 14.3 Å². The van der Waals surface area contributed by atoms with Gasteiger partial charge in [0.15, 0.2) is 0 Å². The highest BCUT2D eigenvalue weighted by molar-refractivity contribution is 7.92. The molecule has 8 heteroatoms. The second-order valence-corrected chi connectivity index (χ2v) is 10.5. The maximum atomic E-state index is 12.9. The van der Waals surface area contributed by atoms with Crippen molar-refractivity contribution in [3.8, 4) is 0 Å². The van der Waals surface area contributed by atoms with Crippen LogP contribution in [-0.4, -0.2) is 44.8 Å². The predicted molar refractivity (Wildman–Crippen MR) is 129 cm³/mol. The number of aryl methyl sites for hydroxylation is 1. The first kappa shape index (κ1) is 23.3. The van der Waals surface area contributed by atoms with E-state index < -0.39 is 10.0 Å². The predicted octanol–water partition coefficient (Wildman–Crippen LogP) is 3.87. The van der Waals surface area contributed by atoms with Crippen LogP contribution < -0.4 is 9.62 Å². The summed E-state index contributed by atoms with van der Waals surface area (Å²) in [6.45, 7) is 3.92. The van der Waals surface area contributed by atoms with Crippen LogP contribution in [0.4, 0.5) is 11.4 Å². The number of nitrogens with zero attached hydrogens (tertiary/aromatic N) is 2. The second-order valence-electron chi connectivity index (χ2n) is 8.80. The average molecular weight is 470 g/mol. The normalized spacial score (nSPS) is 16.3. The summed E-state index contributed by atoms with van der Waals surface area (Å²) < 4.78 is 28.4. The minimum absolute atomic E-state index is 0.0494. The molecule has 0 saturated carbocycles. The zero-order chi connectivity index (χ0) is 23.4. The molecule has 176 valence electrons. The minimum atomic E-state index is -3.74. The van der Waals surface area contributed by atoms with E-state index in [1.54, 1.807) is 29.2 Å². The molecule has 2 aliphatic rings. The van der Waals surface area contributed by atoms with Crippen LogP contribution in [0.5, 0.6) is 0 Å². The molecule has 0 aromatic heterocycles. The number of rotatable bonds is 6. The van der Waals surface area contributed by atoms with E-state index in [4.69, 9.17) is 0 Å². The first-order valence-corrected chi connectivity index (χ1v) is 13.1. The standard InChI is InChI=1S/C25H31N3O4S/c1-19-8-4-5-9-22(19)26-33(31,32)21-10-11-23-20(18-21)14-17-28(23)25(30)13-12-24(29)27-15-6-2-3-7-16-27/h4-5,8-11,18,26H,2-3,6-7,12-17H2,1H3. The number of nitrogens with one attached hydrogen (secondary N) is 1. The largest absolute Gasteiger partial charge is 0.343 e. The molecule has 4 rings (SSSR count). The summed E-state index contributed by atoms with van der Waals surface area (Å²) in [5, 5.41) is 0. The number of hydrogen-bond acceptors (Lipinski definition) is 4. The number of benzene rings is 2. The molecule has 2 heterocycles. The maximum Gasteiger partial charge on any atom is 0.261 e. The molecule has 1 saturated heterocycles. The molecule has 2 aromatic rings. The third-order valence-electron chi connectivity index (χ3n) is 6.46. The fourth-order valence-corrected chi connectivity index (χ4v) is 5.70. The topological polar surface area (TPSA) is 86.8 Å². The van der Waals surface area contributed by atoms with Gasteiger partial charge < -0.3 is 9.80 Å². The Labute approximate surface area is 195 Å². The number of anilines is 2. The van der Waals surface area contributed by atoms with Crippen molar-refractivity contribution >= 4 is 33.2 Å². The summed E-state index contributed by atoms with van der Waals surface area (Å²) in [4.78, 5) is 29.1. The lowest BCUT2D eigenvalue weighted by Crippen LogP contribution is -2.34. The van der Waals surface area contributed by atoms with Gasteiger partial charge in [0, 0.05) is 38.2 Å². The molecule has 0 radical (unpaired) electrons. The highest BCUT2D eigenvalue weighted by Crippen LogP contribution is 2.31. The summed E-state index contributed by atoms with van der Waals surface area (Å²) in [5.74, 6) is -0.0426. The molecule has 0 aliphatic carbocycles. The van der Waals surface area contributed by atoms with Crippen LogP contribution in [0.2, 0.25) is 0 Å². The van der Waals surface area contributed by atoms with Gasteiger partial charge in [0.25, 0.3) is 10.0 Å². The number of carbonyl (C=O) groups is 2. The van der Waals surface area contributed by atoms with E-state index in [9.17, 15) is 18.0 Å². The SMILES string of the molecule is Cc1ccccc1NS(=O)(=O)c1ccc2c(c1)CCN2C(=O)CCC(=O)N1CCCCCC1. The maximum absolute atomic E-state index is 12.9. The summed E-state index contributed by atoms with van der Waals surface area (Å²) in [6.07, 6.45) is 5.36. The Balaban J connectivity index is 1.41. The van der Waals surface area contributed by atoms with E-state index in [2.05, 4.69) is 4.72 Å². The number of para-hydroxylation sites is 1. The Hall–Kier alpha value is -2.87. The number of amides is 2. The van der Waals surface area contributed by atoms with Gasteiger partial charge in [-0.2, -0.15) is 0 Å². The Kier molecular flexibility index (Phi) is 7.02. The van der Waals surface area contributed by atoms with Crippen LogP contribution in [0.15, 0.2) is 47.4 Å². The smallest absolute Gasteiger partial charge is 0.261 e. The van der Waals surface area contributed by atoms with Crippen LogP contribution >= 0.6 is 0 Å².